The molecule has 2 N–H and O–H groups in total. The molecule has 0 bridgehead atoms. The van der Waals surface area contributed by atoms with E-state index in [4.69, 9.17) is 4.74 Å². The van der Waals surface area contributed by atoms with Gasteiger partial charge in [-0.15, -0.1) is 0 Å². The molecule has 7 heteroatoms. The van der Waals surface area contributed by atoms with E-state index in [1.54, 1.807) is 55.1 Å². The van der Waals surface area contributed by atoms with Crippen molar-refractivity contribution >= 4 is 11.1 Å². The first-order valence-corrected chi connectivity index (χ1v) is 8.74. The highest BCUT2D eigenvalue weighted by Crippen LogP contribution is 2.25. The first-order chi connectivity index (χ1) is 12.2. The Balaban J connectivity index is 1.73. The molecule has 0 radical (unpaired) electrons. The Morgan fingerprint density at radius 2 is 1.84 bits per heavy atom. The summed E-state index contributed by atoms with van der Waals surface area (Å²) in [6.45, 7) is 1.07. The Hall–Kier alpha value is -2.61. The van der Waals surface area contributed by atoms with Crippen LogP contribution in [0.1, 0.15) is 11.1 Å². The Bertz CT molecular complexity index is 845. The van der Waals surface area contributed by atoms with E-state index in [0.717, 1.165) is 5.56 Å². The number of hydrogen-bond donors (Lipinski definition) is 2. The predicted octanol–water partition coefficient (Wildman–Crippen LogP) is 3.14. The summed E-state index contributed by atoms with van der Waals surface area (Å²) in [5.74, 6) is 1.19. The van der Waals surface area contributed by atoms with Gasteiger partial charge in [-0.3, -0.25) is 9.97 Å². The highest BCUT2D eigenvalue weighted by molar-refractivity contribution is 7.79. The Kier molecular flexibility index (Phi) is 5.84. The molecule has 0 amide bonds. The average molecular weight is 355 g/mol. The van der Waals surface area contributed by atoms with Gasteiger partial charge in [-0.25, -0.2) is 4.21 Å². The molecule has 0 aliphatic heterocycles. The van der Waals surface area contributed by atoms with E-state index < -0.39 is 11.1 Å². The van der Waals surface area contributed by atoms with Gasteiger partial charge < -0.3 is 14.6 Å². The Morgan fingerprint density at radius 1 is 1.00 bits per heavy atom. The van der Waals surface area contributed by atoms with E-state index in [1.807, 2.05) is 12.1 Å². The zero-order chi connectivity index (χ0) is 17.5. The molecule has 1 aromatic carbocycles. The molecule has 25 heavy (non-hydrogen) atoms. The van der Waals surface area contributed by atoms with Crippen molar-refractivity contribution in [1.82, 2.24) is 15.3 Å². The summed E-state index contributed by atoms with van der Waals surface area (Å²) in [5, 5.41) is 3.26. The molecule has 0 aliphatic carbocycles. The molecule has 2 aromatic heterocycles. The minimum Gasteiger partial charge on any atom is -0.456 e. The first kappa shape index (κ1) is 17.2. The van der Waals surface area contributed by atoms with Crippen LogP contribution in [0.25, 0.3) is 0 Å². The lowest BCUT2D eigenvalue weighted by atomic mass is 10.2. The van der Waals surface area contributed by atoms with Crippen molar-refractivity contribution in [3.8, 4) is 11.5 Å². The predicted molar refractivity (Wildman–Crippen MR) is 94.6 cm³/mol. The normalized spacial score (nSPS) is 11.9. The number of hydrogen-bond acceptors (Lipinski definition) is 5. The minimum atomic E-state index is -2.06. The van der Waals surface area contributed by atoms with Crippen LogP contribution in [0.4, 0.5) is 0 Å². The summed E-state index contributed by atoms with van der Waals surface area (Å²) >= 11 is -2.06. The number of aromatic nitrogens is 2. The molecule has 1 unspecified atom stereocenters. The lowest BCUT2D eigenvalue weighted by Gasteiger charge is -2.11. The highest BCUT2D eigenvalue weighted by Gasteiger charge is 2.10. The van der Waals surface area contributed by atoms with Crippen molar-refractivity contribution in [3.63, 3.8) is 0 Å². The maximum atomic E-state index is 11.5. The summed E-state index contributed by atoms with van der Waals surface area (Å²) in [6, 6.07) is 12.4. The number of benzene rings is 1. The van der Waals surface area contributed by atoms with E-state index in [2.05, 4.69) is 15.3 Å². The lowest BCUT2D eigenvalue weighted by Crippen LogP contribution is -2.14. The highest BCUT2D eigenvalue weighted by atomic mass is 32.2. The van der Waals surface area contributed by atoms with Crippen LogP contribution in [0.5, 0.6) is 11.5 Å². The van der Waals surface area contributed by atoms with Crippen LogP contribution in [-0.2, 0) is 24.2 Å². The van der Waals surface area contributed by atoms with Gasteiger partial charge in [0.25, 0.3) is 0 Å². The van der Waals surface area contributed by atoms with Crippen molar-refractivity contribution in [2.75, 3.05) is 0 Å². The van der Waals surface area contributed by atoms with Gasteiger partial charge in [-0.2, -0.15) is 0 Å². The molecule has 1 atom stereocenters. The van der Waals surface area contributed by atoms with Crippen LogP contribution >= 0.6 is 0 Å². The van der Waals surface area contributed by atoms with E-state index in [9.17, 15) is 8.76 Å². The molecule has 6 nitrogen and oxygen atoms in total. The Labute approximate surface area is 148 Å². The second-order valence-corrected chi connectivity index (χ2v) is 6.21. The molecule has 3 aromatic rings. The fourth-order valence-corrected chi connectivity index (χ4v) is 2.85. The molecule has 0 saturated carbocycles. The lowest BCUT2D eigenvalue weighted by molar-refractivity contribution is 0.478. The van der Waals surface area contributed by atoms with Crippen molar-refractivity contribution in [2.45, 2.75) is 18.0 Å². The van der Waals surface area contributed by atoms with Gasteiger partial charge in [0.2, 0.25) is 0 Å². The number of nitrogens with one attached hydrogen (secondary N) is 1. The Morgan fingerprint density at radius 3 is 2.56 bits per heavy atom. The van der Waals surface area contributed by atoms with Gasteiger partial charge in [-0.05, 0) is 53.6 Å². The molecule has 2 heterocycles. The largest absolute Gasteiger partial charge is 0.456 e. The van der Waals surface area contributed by atoms with Crippen LogP contribution in [0, 0.1) is 0 Å². The second-order valence-electron chi connectivity index (χ2n) is 5.27. The topological polar surface area (TPSA) is 84.3 Å². The smallest absolute Gasteiger partial charge is 0.186 e. The van der Waals surface area contributed by atoms with Crippen molar-refractivity contribution < 1.29 is 13.5 Å². The molecule has 0 aliphatic rings. The fraction of sp³-hybridized carbons (Fsp3) is 0.111. The number of nitrogens with zero attached hydrogens (tertiary/aromatic N) is 2. The zero-order valence-electron chi connectivity index (χ0n) is 13.3. The van der Waals surface area contributed by atoms with Crippen molar-refractivity contribution in [2.24, 2.45) is 0 Å². The third kappa shape index (κ3) is 4.93. The van der Waals surface area contributed by atoms with E-state index in [-0.39, 0.29) is 0 Å². The summed E-state index contributed by atoms with van der Waals surface area (Å²) in [6.07, 6.45) is 6.74. The van der Waals surface area contributed by atoms with Gasteiger partial charge in [0.1, 0.15) is 11.5 Å². The average Bonchev–Trinajstić information content (AvgIpc) is 2.63. The molecular weight excluding hydrogens is 338 g/mol. The molecule has 3 rings (SSSR count). The maximum absolute atomic E-state index is 11.5. The molecule has 0 spiro atoms. The van der Waals surface area contributed by atoms with Crippen LogP contribution in [0.15, 0.2) is 72.1 Å². The second kappa shape index (κ2) is 8.48. The van der Waals surface area contributed by atoms with Crippen LogP contribution in [0.3, 0.4) is 0 Å². The fourth-order valence-electron chi connectivity index (χ4n) is 2.31. The van der Waals surface area contributed by atoms with Crippen LogP contribution in [-0.4, -0.2) is 18.7 Å². The summed E-state index contributed by atoms with van der Waals surface area (Å²) in [4.78, 5) is 8.34. The first-order valence-electron chi connectivity index (χ1n) is 7.63. The van der Waals surface area contributed by atoms with Crippen molar-refractivity contribution in [1.29, 1.82) is 0 Å². The van der Waals surface area contributed by atoms with E-state index in [0.29, 0.717) is 35.0 Å². The molecule has 128 valence electrons. The minimum absolute atomic E-state index is 0.362. The van der Waals surface area contributed by atoms with Crippen molar-refractivity contribution in [3.05, 3.63) is 78.4 Å². The van der Waals surface area contributed by atoms with Gasteiger partial charge in [0, 0.05) is 31.7 Å². The number of rotatable bonds is 7. The standard InChI is InChI=1S/C18H17N3O3S/c22-25(23)18-4-3-16(24-17-2-1-7-20-13-17)10-15(18)12-21-11-14-5-8-19-9-6-14/h1-10,13,21H,11-12H2,(H,22,23). The maximum Gasteiger partial charge on any atom is 0.186 e. The molecule has 0 fully saturated rings. The molecule has 0 saturated heterocycles. The quantitative estimate of drug-likeness (QED) is 0.634. The summed E-state index contributed by atoms with van der Waals surface area (Å²) in [5.41, 5.74) is 1.79. The van der Waals surface area contributed by atoms with E-state index in [1.165, 1.54) is 0 Å². The third-order valence-electron chi connectivity index (χ3n) is 3.48. The SMILES string of the molecule is O=S(O)c1ccc(Oc2cccnc2)cc1CNCc1ccncc1. The van der Waals surface area contributed by atoms with E-state index >= 15 is 0 Å². The van der Waals surface area contributed by atoms with Crippen LogP contribution < -0.4 is 10.1 Å². The summed E-state index contributed by atoms with van der Waals surface area (Å²) < 4.78 is 26.8. The monoisotopic (exact) mass is 355 g/mol. The van der Waals surface area contributed by atoms with Crippen LogP contribution in [0.2, 0.25) is 0 Å². The van der Waals surface area contributed by atoms with Gasteiger partial charge in [-0.1, -0.05) is 0 Å². The summed E-state index contributed by atoms with van der Waals surface area (Å²) in [7, 11) is 0. The molecular formula is C18H17N3O3S. The zero-order valence-corrected chi connectivity index (χ0v) is 14.1. The van der Waals surface area contributed by atoms with Gasteiger partial charge in [0.15, 0.2) is 11.1 Å². The van der Waals surface area contributed by atoms with Gasteiger partial charge >= 0.3 is 0 Å². The van der Waals surface area contributed by atoms with Gasteiger partial charge in [0.05, 0.1) is 11.1 Å². The number of ether oxygens (including phenoxy) is 1. The number of pyridine rings is 2. The third-order valence-corrected chi connectivity index (χ3v) is 4.26.